The third-order valence-corrected chi connectivity index (χ3v) is 6.63. The molecule has 2 aromatic heterocycles. The van der Waals surface area contributed by atoms with E-state index in [-0.39, 0.29) is 23.1 Å². The summed E-state index contributed by atoms with van der Waals surface area (Å²) in [6.07, 6.45) is 4.96. The van der Waals surface area contributed by atoms with E-state index in [4.69, 9.17) is 9.15 Å². The fourth-order valence-electron chi connectivity index (χ4n) is 4.87. The van der Waals surface area contributed by atoms with Gasteiger partial charge in [-0.2, -0.15) is 0 Å². The molecule has 1 saturated carbocycles. The molecule has 35 heavy (non-hydrogen) atoms. The zero-order valence-electron chi connectivity index (χ0n) is 19.7. The van der Waals surface area contributed by atoms with E-state index in [1.54, 1.807) is 42.9 Å². The molecule has 2 heterocycles. The SMILES string of the molecule is COc1ccc(C(=O)c2c(O)c(O)n(-c3ccc(-c4nnc(C)o4)cc3)c2C2CCCCC2)cc1. The monoisotopic (exact) mass is 473 g/mol. The zero-order valence-corrected chi connectivity index (χ0v) is 19.7. The molecule has 0 amide bonds. The zero-order chi connectivity index (χ0) is 24.5. The Kier molecular flexibility index (Phi) is 6.03. The van der Waals surface area contributed by atoms with Gasteiger partial charge in [0.05, 0.1) is 12.7 Å². The van der Waals surface area contributed by atoms with Crippen molar-refractivity contribution < 1.29 is 24.2 Å². The number of benzene rings is 2. The van der Waals surface area contributed by atoms with Gasteiger partial charge in [-0.15, -0.1) is 10.2 Å². The number of aromatic nitrogens is 3. The maximum atomic E-state index is 13.6. The second kappa shape index (κ2) is 9.29. The minimum absolute atomic E-state index is 0.0333. The third-order valence-electron chi connectivity index (χ3n) is 6.63. The highest BCUT2D eigenvalue weighted by Crippen LogP contribution is 2.46. The Hall–Kier alpha value is -4.07. The van der Waals surface area contributed by atoms with Crippen molar-refractivity contribution >= 4 is 5.78 Å². The van der Waals surface area contributed by atoms with E-state index in [1.165, 1.54) is 0 Å². The number of nitrogens with zero attached hydrogens (tertiary/aromatic N) is 3. The molecule has 8 nitrogen and oxygen atoms in total. The van der Waals surface area contributed by atoms with Crippen molar-refractivity contribution in [1.29, 1.82) is 0 Å². The molecule has 2 N–H and O–H groups in total. The first-order valence-corrected chi connectivity index (χ1v) is 11.7. The van der Waals surface area contributed by atoms with Gasteiger partial charge in [0.15, 0.2) is 11.5 Å². The van der Waals surface area contributed by atoms with Gasteiger partial charge in [-0.1, -0.05) is 19.3 Å². The summed E-state index contributed by atoms with van der Waals surface area (Å²) in [6.45, 7) is 1.73. The molecule has 8 heteroatoms. The van der Waals surface area contributed by atoms with Gasteiger partial charge in [0, 0.05) is 35.3 Å². The minimum Gasteiger partial charge on any atom is -0.503 e. The quantitative estimate of drug-likeness (QED) is 0.354. The predicted octanol–water partition coefficient (Wildman–Crippen LogP) is 5.53. The van der Waals surface area contributed by atoms with Crippen molar-refractivity contribution in [1.82, 2.24) is 14.8 Å². The first kappa shape index (κ1) is 22.7. The molecule has 0 radical (unpaired) electrons. The number of methoxy groups -OCH3 is 1. The Bertz CT molecular complexity index is 1350. The molecule has 0 spiro atoms. The van der Waals surface area contributed by atoms with Gasteiger partial charge in [0.2, 0.25) is 17.7 Å². The van der Waals surface area contributed by atoms with Crippen LogP contribution in [0.5, 0.6) is 17.4 Å². The molecule has 0 unspecified atom stereocenters. The molecule has 4 aromatic rings. The first-order chi connectivity index (χ1) is 17.0. The molecule has 5 rings (SSSR count). The highest BCUT2D eigenvalue weighted by molar-refractivity contribution is 6.12. The van der Waals surface area contributed by atoms with Crippen LogP contribution in [0.4, 0.5) is 0 Å². The summed E-state index contributed by atoms with van der Waals surface area (Å²) < 4.78 is 12.3. The predicted molar refractivity (Wildman–Crippen MR) is 129 cm³/mol. The molecule has 2 aromatic carbocycles. The fraction of sp³-hybridized carbons (Fsp3) is 0.296. The van der Waals surface area contributed by atoms with E-state index in [0.29, 0.717) is 34.5 Å². The van der Waals surface area contributed by atoms with E-state index in [9.17, 15) is 15.0 Å². The Balaban J connectivity index is 1.62. The van der Waals surface area contributed by atoms with Crippen LogP contribution in [0.1, 0.15) is 65.5 Å². The van der Waals surface area contributed by atoms with Crippen LogP contribution in [0.15, 0.2) is 52.9 Å². The van der Waals surface area contributed by atoms with Gasteiger partial charge in [0.25, 0.3) is 0 Å². The van der Waals surface area contributed by atoms with Crippen LogP contribution < -0.4 is 4.74 Å². The Labute approximate surface area is 202 Å². The second-order valence-corrected chi connectivity index (χ2v) is 8.83. The average molecular weight is 474 g/mol. The third kappa shape index (κ3) is 4.16. The number of aromatic hydroxyl groups is 2. The maximum Gasteiger partial charge on any atom is 0.247 e. The van der Waals surface area contributed by atoms with Crippen molar-refractivity contribution in [2.24, 2.45) is 0 Å². The van der Waals surface area contributed by atoms with Crippen LogP contribution in [-0.2, 0) is 0 Å². The van der Waals surface area contributed by atoms with Crippen molar-refractivity contribution in [2.45, 2.75) is 44.9 Å². The van der Waals surface area contributed by atoms with Crippen LogP contribution in [0.2, 0.25) is 0 Å². The van der Waals surface area contributed by atoms with Crippen LogP contribution in [-0.4, -0.2) is 37.9 Å². The van der Waals surface area contributed by atoms with Crippen LogP contribution in [0.25, 0.3) is 17.1 Å². The summed E-state index contributed by atoms with van der Waals surface area (Å²) >= 11 is 0. The highest BCUT2D eigenvalue weighted by atomic mass is 16.5. The molecule has 1 aliphatic carbocycles. The van der Waals surface area contributed by atoms with Crippen molar-refractivity contribution in [3.05, 3.63) is 71.2 Å². The standard InChI is InChI=1S/C27H27N3O5/c1-16-28-29-26(35-16)19-8-12-20(13-9-19)30-23(17-6-4-3-5-7-17)22(25(32)27(30)33)24(31)18-10-14-21(34-2)15-11-18/h8-15,17,32-33H,3-7H2,1-2H3. The largest absolute Gasteiger partial charge is 0.503 e. The lowest BCUT2D eigenvalue weighted by Gasteiger charge is -2.24. The lowest BCUT2D eigenvalue weighted by Crippen LogP contribution is -2.14. The molecule has 180 valence electrons. The average Bonchev–Trinajstić information content (AvgIpc) is 3.45. The van der Waals surface area contributed by atoms with Crippen LogP contribution in [0.3, 0.4) is 0 Å². The Morgan fingerprint density at radius 1 is 1.00 bits per heavy atom. The van der Waals surface area contributed by atoms with Crippen molar-refractivity contribution in [3.8, 4) is 34.5 Å². The second-order valence-electron chi connectivity index (χ2n) is 8.83. The summed E-state index contributed by atoms with van der Waals surface area (Å²) in [7, 11) is 1.56. The number of hydrogen-bond donors (Lipinski definition) is 2. The number of carbonyl (C=O) groups excluding carboxylic acids is 1. The summed E-state index contributed by atoms with van der Waals surface area (Å²) in [4.78, 5) is 13.6. The van der Waals surface area contributed by atoms with E-state index in [1.807, 2.05) is 24.3 Å². The molecule has 0 atom stereocenters. The molecule has 1 fully saturated rings. The number of carbonyl (C=O) groups is 1. The van der Waals surface area contributed by atoms with Gasteiger partial charge in [-0.25, -0.2) is 0 Å². The number of aryl methyl sites for hydroxylation is 1. The minimum atomic E-state index is -0.400. The first-order valence-electron chi connectivity index (χ1n) is 11.7. The maximum absolute atomic E-state index is 13.6. The lowest BCUT2D eigenvalue weighted by molar-refractivity contribution is 0.103. The van der Waals surface area contributed by atoms with Gasteiger partial charge >= 0.3 is 0 Å². The number of ketones is 1. The Morgan fingerprint density at radius 3 is 2.29 bits per heavy atom. The number of rotatable bonds is 6. The van der Waals surface area contributed by atoms with Gasteiger partial charge in [0.1, 0.15) is 5.75 Å². The molecular formula is C27H27N3O5. The van der Waals surface area contributed by atoms with Gasteiger partial charge in [-0.05, 0) is 61.4 Å². The summed E-state index contributed by atoms with van der Waals surface area (Å²) in [5.41, 5.74) is 2.57. The fourth-order valence-corrected chi connectivity index (χ4v) is 4.87. The highest BCUT2D eigenvalue weighted by Gasteiger charge is 2.33. The van der Waals surface area contributed by atoms with E-state index >= 15 is 0 Å². The number of ether oxygens (including phenoxy) is 1. The van der Waals surface area contributed by atoms with Crippen LogP contribution >= 0.6 is 0 Å². The topological polar surface area (TPSA) is 111 Å². The van der Waals surface area contributed by atoms with Crippen molar-refractivity contribution in [3.63, 3.8) is 0 Å². The molecule has 1 aliphatic rings. The van der Waals surface area contributed by atoms with Crippen LogP contribution in [0, 0.1) is 6.92 Å². The number of hydrogen-bond acceptors (Lipinski definition) is 7. The lowest BCUT2D eigenvalue weighted by atomic mass is 9.84. The van der Waals surface area contributed by atoms with Gasteiger partial charge < -0.3 is 19.4 Å². The van der Waals surface area contributed by atoms with E-state index in [2.05, 4.69) is 10.2 Å². The molecule has 0 aliphatic heterocycles. The van der Waals surface area contributed by atoms with Gasteiger partial charge in [-0.3, -0.25) is 9.36 Å². The van der Waals surface area contributed by atoms with E-state index < -0.39 is 5.75 Å². The normalized spacial score (nSPS) is 14.2. The molecule has 0 bridgehead atoms. The summed E-state index contributed by atoms with van der Waals surface area (Å²) in [5.74, 6) is 0.459. The smallest absolute Gasteiger partial charge is 0.247 e. The summed E-state index contributed by atoms with van der Waals surface area (Å²) in [5, 5.41) is 30.0. The van der Waals surface area contributed by atoms with E-state index in [0.717, 1.165) is 37.7 Å². The Morgan fingerprint density at radius 2 is 1.69 bits per heavy atom. The molecule has 0 saturated heterocycles. The summed E-state index contributed by atoms with van der Waals surface area (Å²) in [6, 6.07) is 14.0. The molecular weight excluding hydrogens is 446 g/mol. The van der Waals surface area contributed by atoms with Crippen molar-refractivity contribution in [2.75, 3.05) is 7.11 Å².